The van der Waals surface area contributed by atoms with E-state index in [0.717, 1.165) is 7.11 Å². The van der Waals surface area contributed by atoms with E-state index in [1.807, 2.05) is 0 Å². The number of hydrogen-bond acceptors (Lipinski definition) is 4. The molecule has 17 heavy (non-hydrogen) atoms. The maximum absolute atomic E-state index is 12.0. The lowest BCUT2D eigenvalue weighted by Gasteiger charge is -2.14. The van der Waals surface area contributed by atoms with Gasteiger partial charge >= 0.3 is 12.3 Å². The monoisotopic (exact) mass is 251 g/mol. The largest absolute Gasteiger partial charge is 0.573 e. The molecule has 0 aromatic carbocycles. The van der Waals surface area contributed by atoms with Gasteiger partial charge < -0.3 is 14.6 Å². The van der Waals surface area contributed by atoms with Gasteiger partial charge in [-0.3, -0.25) is 4.98 Å². The zero-order chi connectivity index (χ0) is 13.2. The Bertz CT molecular complexity index is 445. The number of halogens is 3. The molecule has 0 saturated carbocycles. The minimum Gasteiger partial charge on any atom is -0.494 e. The molecule has 0 fully saturated rings. The van der Waals surface area contributed by atoms with Crippen molar-refractivity contribution in [1.29, 1.82) is 0 Å². The average Bonchev–Trinajstić information content (AvgIpc) is 2.17. The first-order valence-corrected chi connectivity index (χ1v) is 4.29. The van der Waals surface area contributed by atoms with Crippen molar-refractivity contribution in [3.63, 3.8) is 0 Å². The van der Waals surface area contributed by atoms with Crippen LogP contribution in [-0.2, 0) is 0 Å². The number of ether oxygens (including phenoxy) is 2. The van der Waals surface area contributed by atoms with Gasteiger partial charge in [0.1, 0.15) is 5.56 Å². The lowest BCUT2D eigenvalue weighted by molar-refractivity contribution is -0.274. The number of aromatic nitrogens is 1. The SMILES string of the molecule is COc1c(C)ncc(OC(F)(F)F)c1C(=O)O. The smallest absolute Gasteiger partial charge is 0.494 e. The van der Waals surface area contributed by atoms with Crippen molar-refractivity contribution >= 4 is 5.97 Å². The van der Waals surface area contributed by atoms with E-state index in [0.29, 0.717) is 6.20 Å². The molecule has 0 spiro atoms. The van der Waals surface area contributed by atoms with Crippen LogP contribution in [0.3, 0.4) is 0 Å². The standard InChI is InChI=1S/C9H8F3NO4/c1-4-7(16-2)6(8(14)15)5(3-13-4)17-9(10,11)12/h3H,1-2H3,(H,14,15). The van der Waals surface area contributed by atoms with Crippen LogP contribution in [0.4, 0.5) is 13.2 Å². The number of aromatic carboxylic acids is 1. The zero-order valence-corrected chi connectivity index (χ0v) is 8.83. The first-order valence-electron chi connectivity index (χ1n) is 4.29. The van der Waals surface area contributed by atoms with Gasteiger partial charge in [-0.25, -0.2) is 4.79 Å². The van der Waals surface area contributed by atoms with E-state index >= 15 is 0 Å². The highest BCUT2D eigenvalue weighted by Gasteiger charge is 2.34. The molecule has 0 aliphatic carbocycles. The fourth-order valence-corrected chi connectivity index (χ4v) is 1.23. The number of alkyl halides is 3. The van der Waals surface area contributed by atoms with Crippen molar-refractivity contribution in [2.45, 2.75) is 13.3 Å². The Kier molecular flexibility index (Phi) is 3.45. The van der Waals surface area contributed by atoms with Crippen LogP contribution in [-0.4, -0.2) is 29.5 Å². The number of pyridine rings is 1. The third-order valence-electron chi connectivity index (χ3n) is 1.82. The minimum atomic E-state index is -4.99. The number of carboxylic acid groups (broad SMARTS) is 1. The summed E-state index contributed by atoms with van der Waals surface area (Å²) in [4.78, 5) is 14.4. The van der Waals surface area contributed by atoms with Crippen molar-refractivity contribution in [3.8, 4) is 11.5 Å². The number of aryl methyl sites for hydroxylation is 1. The predicted molar refractivity (Wildman–Crippen MR) is 49.2 cm³/mol. The predicted octanol–water partition coefficient (Wildman–Crippen LogP) is 2.00. The van der Waals surface area contributed by atoms with Crippen molar-refractivity contribution in [2.75, 3.05) is 7.11 Å². The highest BCUT2D eigenvalue weighted by atomic mass is 19.4. The van der Waals surface area contributed by atoms with Gasteiger partial charge in [0.15, 0.2) is 11.5 Å². The third kappa shape index (κ3) is 2.99. The summed E-state index contributed by atoms with van der Waals surface area (Å²) in [5, 5.41) is 8.84. The maximum atomic E-state index is 12.0. The molecule has 0 atom stereocenters. The molecule has 0 aliphatic heterocycles. The minimum absolute atomic E-state index is 0.152. The summed E-state index contributed by atoms with van der Waals surface area (Å²) in [7, 11) is 1.13. The van der Waals surface area contributed by atoms with Crippen LogP contribution in [0.25, 0.3) is 0 Å². The number of hydrogen-bond donors (Lipinski definition) is 1. The molecule has 1 heterocycles. The average molecular weight is 251 g/mol. The van der Waals surface area contributed by atoms with Crippen LogP contribution >= 0.6 is 0 Å². The molecule has 94 valence electrons. The van der Waals surface area contributed by atoms with Gasteiger partial charge in [-0.1, -0.05) is 0 Å². The van der Waals surface area contributed by atoms with E-state index < -0.39 is 23.6 Å². The van der Waals surface area contributed by atoms with E-state index in [-0.39, 0.29) is 11.4 Å². The number of carbonyl (C=O) groups is 1. The second kappa shape index (κ2) is 4.48. The molecule has 0 radical (unpaired) electrons. The van der Waals surface area contributed by atoms with Gasteiger partial charge in [0.05, 0.1) is 19.0 Å². The van der Waals surface area contributed by atoms with Gasteiger partial charge in [0.2, 0.25) is 0 Å². The molecule has 0 bridgehead atoms. The maximum Gasteiger partial charge on any atom is 0.573 e. The van der Waals surface area contributed by atoms with Crippen molar-refractivity contribution < 1.29 is 32.5 Å². The summed E-state index contributed by atoms with van der Waals surface area (Å²) in [6.45, 7) is 1.41. The molecular weight excluding hydrogens is 243 g/mol. The van der Waals surface area contributed by atoms with E-state index in [4.69, 9.17) is 9.84 Å². The van der Waals surface area contributed by atoms with E-state index in [1.165, 1.54) is 6.92 Å². The molecule has 1 aromatic rings. The Labute approximate surface area is 93.8 Å². The topological polar surface area (TPSA) is 68.7 Å². The fraction of sp³-hybridized carbons (Fsp3) is 0.333. The van der Waals surface area contributed by atoms with Gasteiger partial charge in [-0.05, 0) is 6.92 Å². The summed E-state index contributed by atoms with van der Waals surface area (Å²) >= 11 is 0. The highest BCUT2D eigenvalue weighted by molar-refractivity contribution is 5.94. The Balaban J connectivity index is 3.36. The first kappa shape index (κ1) is 13.1. The summed E-state index contributed by atoms with van der Waals surface area (Å²) < 4.78 is 44.4. The molecule has 0 aliphatic rings. The summed E-state index contributed by atoms with van der Waals surface area (Å²) in [6, 6.07) is 0. The number of carboxylic acids is 1. The van der Waals surface area contributed by atoms with Crippen LogP contribution in [0.5, 0.6) is 11.5 Å². The molecule has 0 unspecified atom stereocenters. The Morgan fingerprint density at radius 1 is 1.47 bits per heavy atom. The summed E-state index contributed by atoms with van der Waals surface area (Å²) in [5.74, 6) is -2.77. The van der Waals surface area contributed by atoms with Crippen molar-refractivity contribution in [2.24, 2.45) is 0 Å². The van der Waals surface area contributed by atoms with Crippen LogP contribution in [0, 0.1) is 6.92 Å². The molecule has 8 heteroatoms. The second-order valence-electron chi connectivity index (χ2n) is 2.97. The van der Waals surface area contributed by atoms with Crippen molar-refractivity contribution in [3.05, 3.63) is 17.5 Å². The van der Waals surface area contributed by atoms with Crippen LogP contribution in [0.2, 0.25) is 0 Å². The summed E-state index contributed by atoms with van der Waals surface area (Å²) in [6.07, 6.45) is -4.30. The lowest BCUT2D eigenvalue weighted by Crippen LogP contribution is -2.20. The Hall–Kier alpha value is -1.99. The molecule has 0 amide bonds. The zero-order valence-electron chi connectivity index (χ0n) is 8.83. The number of nitrogens with zero attached hydrogens (tertiary/aromatic N) is 1. The van der Waals surface area contributed by atoms with E-state index in [2.05, 4.69) is 9.72 Å². The normalized spacial score (nSPS) is 11.1. The first-order chi connectivity index (χ1) is 7.76. The molecule has 1 aromatic heterocycles. The van der Waals surface area contributed by atoms with Crippen LogP contribution in [0.15, 0.2) is 6.20 Å². The molecular formula is C9H8F3NO4. The fourth-order valence-electron chi connectivity index (χ4n) is 1.23. The van der Waals surface area contributed by atoms with Gasteiger partial charge in [0.25, 0.3) is 0 Å². The highest BCUT2D eigenvalue weighted by Crippen LogP contribution is 2.33. The molecule has 1 rings (SSSR count). The van der Waals surface area contributed by atoms with E-state index in [9.17, 15) is 18.0 Å². The van der Waals surface area contributed by atoms with Gasteiger partial charge in [-0.2, -0.15) is 0 Å². The molecule has 0 saturated heterocycles. The van der Waals surface area contributed by atoms with Gasteiger partial charge in [0, 0.05) is 0 Å². The van der Waals surface area contributed by atoms with Crippen molar-refractivity contribution in [1.82, 2.24) is 4.98 Å². The number of rotatable bonds is 3. The Morgan fingerprint density at radius 3 is 2.47 bits per heavy atom. The van der Waals surface area contributed by atoms with Crippen LogP contribution < -0.4 is 9.47 Å². The molecule has 5 nitrogen and oxygen atoms in total. The summed E-state index contributed by atoms with van der Waals surface area (Å²) in [5.41, 5.74) is -0.559. The van der Waals surface area contributed by atoms with Gasteiger partial charge in [-0.15, -0.1) is 13.2 Å². The second-order valence-corrected chi connectivity index (χ2v) is 2.97. The Morgan fingerprint density at radius 2 is 2.06 bits per heavy atom. The third-order valence-corrected chi connectivity index (χ3v) is 1.82. The quantitative estimate of drug-likeness (QED) is 0.889. The number of methoxy groups -OCH3 is 1. The van der Waals surface area contributed by atoms with Crippen LogP contribution in [0.1, 0.15) is 16.1 Å². The lowest BCUT2D eigenvalue weighted by atomic mass is 10.2. The molecule has 1 N–H and O–H groups in total. The van der Waals surface area contributed by atoms with E-state index in [1.54, 1.807) is 0 Å².